The van der Waals surface area contributed by atoms with E-state index in [4.69, 9.17) is 9.84 Å². The van der Waals surface area contributed by atoms with Gasteiger partial charge in [0, 0.05) is 11.6 Å². The van der Waals surface area contributed by atoms with E-state index in [9.17, 15) is 4.79 Å². The van der Waals surface area contributed by atoms with E-state index in [0.29, 0.717) is 11.3 Å². The van der Waals surface area contributed by atoms with Gasteiger partial charge >= 0.3 is 5.97 Å². The largest absolute Gasteiger partial charge is 0.496 e. The average Bonchev–Trinajstić information content (AvgIpc) is 2.45. The van der Waals surface area contributed by atoms with Gasteiger partial charge in [-0.2, -0.15) is 0 Å². The third-order valence-electron chi connectivity index (χ3n) is 3.00. The summed E-state index contributed by atoms with van der Waals surface area (Å²) in [5.41, 5.74) is 3.31. The molecule has 0 spiro atoms. The number of carbonyl (C=O) groups is 1. The lowest BCUT2D eigenvalue weighted by Gasteiger charge is -2.13. The highest BCUT2D eigenvalue weighted by molar-refractivity contribution is 5.96. The van der Waals surface area contributed by atoms with Crippen LogP contribution < -0.4 is 4.74 Å². The van der Waals surface area contributed by atoms with Gasteiger partial charge in [-0.1, -0.05) is 42.0 Å². The van der Waals surface area contributed by atoms with Crippen LogP contribution in [0, 0.1) is 6.92 Å². The van der Waals surface area contributed by atoms with Crippen LogP contribution in [0.15, 0.2) is 54.6 Å². The predicted molar refractivity (Wildman–Crippen MR) is 78.9 cm³/mol. The standard InChI is InChI=1S/C17H16O3/c1-12-8-9-16(20-2)15(10-12)14(11-17(18)19)13-6-4-3-5-7-13/h3-11H,1-2H3,(H,18,19)/b14-11+. The van der Waals surface area contributed by atoms with Crippen molar-refractivity contribution in [1.29, 1.82) is 0 Å². The number of hydrogen-bond acceptors (Lipinski definition) is 2. The molecule has 0 aliphatic heterocycles. The molecular formula is C17H16O3. The molecule has 0 heterocycles. The molecule has 0 atom stereocenters. The maximum Gasteiger partial charge on any atom is 0.328 e. The first-order valence-electron chi connectivity index (χ1n) is 6.27. The lowest BCUT2D eigenvalue weighted by atomic mass is 9.95. The number of ether oxygens (including phenoxy) is 1. The van der Waals surface area contributed by atoms with Crippen LogP contribution in [0.4, 0.5) is 0 Å². The first-order valence-corrected chi connectivity index (χ1v) is 6.27. The summed E-state index contributed by atoms with van der Waals surface area (Å²) in [6.45, 7) is 1.96. The van der Waals surface area contributed by atoms with E-state index in [1.165, 1.54) is 6.08 Å². The van der Waals surface area contributed by atoms with Crippen LogP contribution in [0.5, 0.6) is 5.75 Å². The third-order valence-corrected chi connectivity index (χ3v) is 3.00. The second kappa shape index (κ2) is 6.06. The summed E-state index contributed by atoms with van der Waals surface area (Å²) in [6, 6.07) is 15.2. The summed E-state index contributed by atoms with van der Waals surface area (Å²) >= 11 is 0. The minimum absolute atomic E-state index is 0.638. The fourth-order valence-electron chi connectivity index (χ4n) is 2.09. The molecule has 20 heavy (non-hydrogen) atoms. The van der Waals surface area contributed by atoms with Crippen molar-refractivity contribution >= 4 is 11.5 Å². The van der Waals surface area contributed by atoms with Crippen molar-refractivity contribution in [3.05, 3.63) is 71.3 Å². The van der Waals surface area contributed by atoms with Crippen LogP contribution >= 0.6 is 0 Å². The van der Waals surface area contributed by atoms with Gasteiger partial charge in [-0.15, -0.1) is 0 Å². The second-order valence-electron chi connectivity index (χ2n) is 4.47. The summed E-state index contributed by atoms with van der Waals surface area (Å²) < 4.78 is 5.35. The Kier molecular flexibility index (Phi) is 4.20. The Labute approximate surface area is 118 Å². The SMILES string of the molecule is COc1ccc(C)cc1/C(=C/C(=O)O)c1ccccc1. The van der Waals surface area contributed by atoms with E-state index < -0.39 is 5.97 Å². The molecule has 2 aromatic rings. The predicted octanol–water partition coefficient (Wildman–Crippen LogP) is 3.52. The quantitative estimate of drug-likeness (QED) is 0.863. The number of rotatable bonds is 4. The number of benzene rings is 2. The van der Waals surface area contributed by atoms with E-state index in [0.717, 1.165) is 16.7 Å². The molecule has 2 aromatic carbocycles. The van der Waals surface area contributed by atoms with Crippen LogP contribution in [0.1, 0.15) is 16.7 Å². The van der Waals surface area contributed by atoms with E-state index in [2.05, 4.69) is 0 Å². The van der Waals surface area contributed by atoms with Gasteiger partial charge in [0.05, 0.1) is 7.11 Å². The zero-order chi connectivity index (χ0) is 14.5. The average molecular weight is 268 g/mol. The Morgan fingerprint density at radius 3 is 2.45 bits per heavy atom. The molecule has 3 nitrogen and oxygen atoms in total. The lowest BCUT2D eigenvalue weighted by Crippen LogP contribution is -1.98. The summed E-state index contributed by atoms with van der Waals surface area (Å²) in [4.78, 5) is 11.1. The number of hydrogen-bond donors (Lipinski definition) is 1. The number of carboxylic acids is 1. The van der Waals surface area contributed by atoms with Gasteiger partial charge in [0.2, 0.25) is 0 Å². The van der Waals surface area contributed by atoms with Crippen LogP contribution in [0.2, 0.25) is 0 Å². The number of methoxy groups -OCH3 is 1. The first-order chi connectivity index (χ1) is 9.61. The second-order valence-corrected chi connectivity index (χ2v) is 4.47. The number of aryl methyl sites for hydroxylation is 1. The van der Waals surface area contributed by atoms with Gasteiger partial charge in [-0.3, -0.25) is 0 Å². The molecule has 3 heteroatoms. The smallest absolute Gasteiger partial charge is 0.328 e. The molecule has 0 radical (unpaired) electrons. The zero-order valence-electron chi connectivity index (χ0n) is 11.5. The van der Waals surface area contributed by atoms with Gasteiger partial charge in [-0.25, -0.2) is 4.79 Å². The Hall–Kier alpha value is -2.55. The van der Waals surface area contributed by atoms with Gasteiger partial charge in [0.15, 0.2) is 0 Å². The summed E-state index contributed by atoms with van der Waals surface area (Å²) in [5.74, 6) is -0.320. The highest BCUT2D eigenvalue weighted by Crippen LogP contribution is 2.31. The van der Waals surface area contributed by atoms with E-state index in [1.807, 2.05) is 55.5 Å². The van der Waals surface area contributed by atoms with Crippen LogP contribution in [-0.2, 0) is 4.79 Å². The monoisotopic (exact) mass is 268 g/mol. The Bertz CT molecular complexity index is 643. The summed E-state index contributed by atoms with van der Waals surface area (Å²) in [7, 11) is 1.58. The van der Waals surface area contributed by atoms with Crippen molar-refractivity contribution in [3.63, 3.8) is 0 Å². The van der Waals surface area contributed by atoms with Crippen LogP contribution in [0.25, 0.3) is 5.57 Å². The molecule has 0 saturated heterocycles. The Morgan fingerprint density at radius 1 is 1.15 bits per heavy atom. The zero-order valence-corrected chi connectivity index (χ0v) is 11.5. The first kappa shape index (κ1) is 13.9. The minimum atomic E-state index is -0.979. The molecule has 0 aliphatic rings. The fourth-order valence-corrected chi connectivity index (χ4v) is 2.09. The normalized spacial score (nSPS) is 11.2. The maximum absolute atomic E-state index is 11.1. The van der Waals surface area contributed by atoms with Crippen LogP contribution in [0.3, 0.4) is 0 Å². The van der Waals surface area contributed by atoms with Crippen molar-refractivity contribution in [2.24, 2.45) is 0 Å². The fraction of sp³-hybridized carbons (Fsp3) is 0.118. The summed E-state index contributed by atoms with van der Waals surface area (Å²) in [6.07, 6.45) is 1.21. The number of aliphatic carboxylic acids is 1. The molecule has 0 bridgehead atoms. The van der Waals surface area contributed by atoms with Crippen molar-refractivity contribution in [3.8, 4) is 5.75 Å². The van der Waals surface area contributed by atoms with Crippen molar-refractivity contribution in [2.45, 2.75) is 6.92 Å². The van der Waals surface area contributed by atoms with Crippen molar-refractivity contribution < 1.29 is 14.6 Å². The molecule has 0 aliphatic carbocycles. The third kappa shape index (κ3) is 3.06. The molecule has 0 unspecified atom stereocenters. The van der Waals surface area contributed by atoms with Gasteiger partial charge in [0.25, 0.3) is 0 Å². The molecule has 1 N–H and O–H groups in total. The van der Waals surface area contributed by atoms with E-state index in [1.54, 1.807) is 7.11 Å². The maximum atomic E-state index is 11.1. The Morgan fingerprint density at radius 2 is 1.85 bits per heavy atom. The molecule has 0 fully saturated rings. The molecule has 0 aromatic heterocycles. The van der Waals surface area contributed by atoms with E-state index in [-0.39, 0.29) is 0 Å². The van der Waals surface area contributed by atoms with Crippen molar-refractivity contribution in [2.75, 3.05) is 7.11 Å². The lowest BCUT2D eigenvalue weighted by molar-refractivity contribution is -0.131. The van der Waals surface area contributed by atoms with Gasteiger partial charge in [-0.05, 0) is 30.2 Å². The highest BCUT2D eigenvalue weighted by Gasteiger charge is 2.12. The van der Waals surface area contributed by atoms with Gasteiger partial charge < -0.3 is 9.84 Å². The van der Waals surface area contributed by atoms with Crippen molar-refractivity contribution in [1.82, 2.24) is 0 Å². The molecule has 0 amide bonds. The van der Waals surface area contributed by atoms with E-state index >= 15 is 0 Å². The molecule has 102 valence electrons. The molecule has 0 saturated carbocycles. The molecule has 2 rings (SSSR count). The number of carboxylic acid groups (broad SMARTS) is 1. The molecular weight excluding hydrogens is 252 g/mol. The van der Waals surface area contributed by atoms with Crippen LogP contribution in [-0.4, -0.2) is 18.2 Å². The summed E-state index contributed by atoms with van der Waals surface area (Å²) in [5, 5.41) is 9.12. The highest BCUT2D eigenvalue weighted by atomic mass is 16.5. The topological polar surface area (TPSA) is 46.5 Å². The minimum Gasteiger partial charge on any atom is -0.496 e. The van der Waals surface area contributed by atoms with Gasteiger partial charge in [0.1, 0.15) is 5.75 Å². The Balaban J connectivity index is 2.65.